The van der Waals surface area contributed by atoms with E-state index in [4.69, 9.17) is 9.47 Å². The van der Waals surface area contributed by atoms with Crippen LogP contribution in [-0.4, -0.2) is 31.1 Å². The smallest absolute Gasteiger partial charge is 0.336 e. The van der Waals surface area contributed by atoms with Gasteiger partial charge in [-0.2, -0.15) is 0 Å². The maximum Gasteiger partial charge on any atom is 0.336 e. The second kappa shape index (κ2) is 8.55. The molecule has 8 heteroatoms. The number of barbiturate groups is 1. The largest absolute Gasteiger partial charge is 0.490 e. The number of rotatable bonds is 6. The van der Waals surface area contributed by atoms with Crippen molar-refractivity contribution >= 4 is 29.6 Å². The fraction of sp³-hybridized carbons (Fsp3) is 0.190. The van der Waals surface area contributed by atoms with Crippen molar-refractivity contribution in [1.29, 1.82) is 0 Å². The molecule has 0 aliphatic carbocycles. The molecule has 1 N–H and O–H groups in total. The van der Waals surface area contributed by atoms with Gasteiger partial charge in [-0.15, -0.1) is 0 Å². The molecule has 2 aromatic rings. The molecule has 1 saturated heterocycles. The summed E-state index contributed by atoms with van der Waals surface area (Å²) in [5.74, 6) is -1.56. The zero-order chi connectivity index (χ0) is 21.0. The molecule has 2 aromatic carbocycles. The van der Waals surface area contributed by atoms with Crippen molar-refractivity contribution in [3.05, 3.63) is 59.4 Å². The van der Waals surface area contributed by atoms with Gasteiger partial charge in [0.1, 0.15) is 11.4 Å². The summed E-state index contributed by atoms with van der Waals surface area (Å²) in [4.78, 5) is 37.9. The number of hydrogen-bond acceptors (Lipinski definition) is 5. The number of nitrogens with one attached hydrogen (secondary N) is 1. The number of benzene rings is 2. The van der Waals surface area contributed by atoms with Gasteiger partial charge in [0.2, 0.25) is 0 Å². The van der Waals surface area contributed by atoms with Gasteiger partial charge in [0.25, 0.3) is 11.8 Å². The molecular formula is C21H19FN2O5. The molecule has 3 rings (SSSR count). The molecule has 1 heterocycles. The highest BCUT2D eigenvalue weighted by atomic mass is 19.1. The molecular weight excluding hydrogens is 379 g/mol. The highest BCUT2D eigenvalue weighted by molar-refractivity contribution is 6.39. The van der Waals surface area contributed by atoms with E-state index in [2.05, 4.69) is 5.32 Å². The van der Waals surface area contributed by atoms with Gasteiger partial charge in [-0.25, -0.2) is 14.1 Å². The molecule has 7 nitrogen and oxygen atoms in total. The average Bonchev–Trinajstić information content (AvgIpc) is 2.68. The van der Waals surface area contributed by atoms with Crippen LogP contribution in [0.5, 0.6) is 11.5 Å². The van der Waals surface area contributed by atoms with E-state index in [1.807, 2.05) is 13.8 Å². The van der Waals surface area contributed by atoms with Crippen LogP contribution in [0, 0.1) is 5.82 Å². The van der Waals surface area contributed by atoms with Crippen LogP contribution in [0.2, 0.25) is 0 Å². The minimum Gasteiger partial charge on any atom is -0.490 e. The first kappa shape index (κ1) is 20.1. The maximum atomic E-state index is 14.1. The molecule has 0 atom stereocenters. The predicted molar refractivity (Wildman–Crippen MR) is 104 cm³/mol. The van der Waals surface area contributed by atoms with Crippen LogP contribution in [0.15, 0.2) is 48.0 Å². The van der Waals surface area contributed by atoms with E-state index in [0.29, 0.717) is 35.2 Å². The second-order valence-corrected chi connectivity index (χ2v) is 5.98. The zero-order valence-corrected chi connectivity index (χ0v) is 15.9. The molecule has 150 valence electrons. The second-order valence-electron chi connectivity index (χ2n) is 5.98. The molecule has 0 aromatic heterocycles. The van der Waals surface area contributed by atoms with E-state index in [1.54, 1.807) is 18.2 Å². The fourth-order valence-electron chi connectivity index (χ4n) is 2.83. The highest BCUT2D eigenvalue weighted by Crippen LogP contribution is 2.30. The fourth-order valence-corrected chi connectivity index (χ4v) is 2.83. The van der Waals surface area contributed by atoms with Gasteiger partial charge >= 0.3 is 6.03 Å². The Kier molecular flexibility index (Phi) is 5.92. The number of nitrogens with zero attached hydrogens (tertiary/aromatic N) is 1. The summed E-state index contributed by atoms with van der Waals surface area (Å²) >= 11 is 0. The standard InChI is InChI=1S/C21H19FN2O5/c1-3-28-17-10-9-13(12-18(17)29-4-2)11-14-19(25)23-21(27)24(20(14)26)16-8-6-5-7-15(16)22/h5-12H,3-4H2,1-2H3,(H,23,25,27)/b14-11-. The van der Waals surface area contributed by atoms with Gasteiger partial charge < -0.3 is 9.47 Å². The summed E-state index contributed by atoms with van der Waals surface area (Å²) in [5, 5.41) is 2.06. The molecule has 1 aliphatic heterocycles. The van der Waals surface area contributed by atoms with Gasteiger partial charge in [-0.05, 0) is 49.8 Å². The van der Waals surface area contributed by atoms with Crippen molar-refractivity contribution in [2.24, 2.45) is 0 Å². The quantitative estimate of drug-likeness (QED) is 0.596. The summed E-state index contributed by atoms with van der Waals surface area (Å²) in [6.45, 7) is 4.50. The number of para-hydroxylation sites is 1. The minimum absolute atomic E-state index is 0.241. The van der Waals surface area contributed by atoms with E-state index in [-0.39, 0.29) is 11.3 Å². The average molecular weight is 398 g/mol. The maximum absolute atomic E-state index is 14.1. The SMILES string of the molecule is CCOc1ccc(/C=C2/C(=O)NC(=O)N(c3ccccc3F)C2=O)cc1OCC. The summed E-state index contributed by atoms with van der Waals surface area (Å²) < 4.78 is 25.2. The molecule has 1 fully saturated rings. The van der Waals surface area contributed by atoms with Crippen molar-refractivity contribution in [2.45, 2.75) is 13.8 Å². The lowest BCUT2D eigenvalue weighted by Crippen LogP contribution is -2.54. The van der Waals surface area contributed by atoms with Crippen LogP contribution in [-0.2, 0) is 9.59 Å². The number of carbonyl (C=O) groups excluding carboxylic acids is 3. The van der Waals surface area contributed by atoms with E-state index >= 15 is 0 Å². The summed E-state index contributed by atoms with van der Waals surface area (Å²) in [7, 11) is 0. The van der Waals surface area contributed by atoms with E-state index in [9.17, 15) is 18.8 Å². The Morgan fingerprint density at radius 3 is 2.38 bits per heavy atom. The number of anilines is 1. The third kappa shape index (κ3) is 4.11. The normalized spacial score (nSPS) is 15.5. The van der Waals surface area contributed by atoms with Crippen molar-refractivity contribution < 1.29 is 28.2 Å². The molecule has 0 spiro atoms. The lowest BCUT2D eigenvalue weighted by Gasteiger charge is -2.26. The third-order valence-corrected chi connectivity index (χ3v) is 4.07. The van der Waals surface area contributed by atoms with E-state index < -0.39 is 23.7 Å². The van der Waals surface area contributed by atoms with Crippen molar-refractivity contribution in [2.75, 3.05) is 18.1 Å². The van der Waals surface area contributed by atoms with Gasteiger partial charge in [0.15, 0.2) is 11.5 Å². The van der Waals surface area contributed by atoms with Crippen LogP contribution in [0.3, 0.4) is 0 Å². The Morgan fingerprint density at radius 1 is 1.00 bits per heavy atom. The van der Waals surface area contributed by atoms with Gasteiger partial charge in [0, 0.05) is 0 Å². The summed E-state index contributed by atoms with van der Waals surface area (Å²) in [6.07, 6.45) is 1.32. The summed E-state index contributed by atoms with van der Waals surface area (Å²) in [5.41, 5.74) is -0.0622. The third-order valence-electron chi connectivity index (χ3n) is 4.07. The molecule has 4 amide bonds. The lowest BCUT2D eigenvalue weighted by molar-refractivity contribution is -0.122. The van der Waals surface area contributed by atoms with Crippen molar-refractivity contribution in [3.63, 3.8) is 0 Å². The van der Waals surface area contributed by atoms with Crippen molar-refractivity contribution in [3.8, 4) is 11.5 Å². The lowest BCUT2D eigenvalue weighted by atomic mass is 10.1. The van der Waals surface area contributed by atoms with Gasteiger partial charge in [0.05, 0.1) is 18.9 Å². The molecule has 29 heavy (non-hydrogen) atoms. The van der Waals surface area contributed by atoms with Crippen LogP contribution in [0.1, 0.15) is 19.4 Å². The van der Waals surface area contributed by atoms with Gasteiger partial charge in [-0.1, -0.05) is 18.2 Å². The topological polar surface area (TPSA) is 84.9 Å². The molecule has 1 aliphatic rings. The molecule has 0 saturated carbocycles. The number of halogens is 1. The Bertz CT molecular complexity index is 1000. The number of amides is 4. The molecule has 0 bridgehead atoms. The minimum atomic E-state index is -1.01. The molecule has 0 unspecified atom stereocenters. The Balaban J connectivity index is 2.00. The first-order valence-corrected chi connectivity index (χ1v) is 9.01. The number of hydrogen-bond donors (Lipinski definition) is 1. The predicted octanol–water partition coefficient (Wildman–Crippen LogP) is 3.29. The van der Waals surface area contributed by atoms with E-state index in [0.717, 1.165) is 6.07 Å². The number of carbonyl (C=O) groups is 3. The number of ether oxygens (including phenoxy) is 2. The van der Waals surface area contributed by atoms with Crippen LogP contribution in [0.4, 0.5) is 14.9 Å². The first-order chi connectivity index (χ1) is 14.0. The Labute approximate surface area is 166 Å². The van der Waals surface area contributed by atoms with Crippen LogP contribution in [0.25, 0.3) is 6.08 Å². The van der Waals surface area contributed by atoms with E-state index in [1.165, 1.54) is 24.3 Å². The summed E-state index contributed by atoms with van der Waals surface area (Å²) in [6, 6.07) is 9.23. The Hall–Kier alpha value is -3.68. The first-order valence-electron chi connectivity index (χ1n) is 9.01. The molecule has 0 radical (unpaired) electrons. The van der Waals surface area contributed by atoms with Crippen LogP contribution >= 0.6 is 0 Å². The van der Waals surface area contributed by atoms with Crippen LogP contribution < -0.4 is 19.7 Å². The number of imide groups is 2. The Morgan fingerprint density at radius 2 is 1.69 bits per heavy atom. The van der Waals surface area contributed by atoms with Gasteiger partial charge in [-0.3, -0.25) is 14.9 Å². The number of urea groups is 1. The zero-order valence-electron chi connectivity index (χ0n) is 15.9. The monoisotopic (exact) mass is 398 g/mol. The highest BCUT2D eigenvalue weighted by Gasteiger charge is 2.37. The van der Waals surface area contributed by atoms with Crippen molar-refractivity contribution in [1.82, 2.24) is 5.32 Å².